The number of phenols is 1. The molecule has 7 rings (SSSR count). The molecule has 1 N–H and O–H groups in total. The lowest BCUT2D eigenvalue weighted by Crippen LogP contribution is -2.34. The summed E-state index contributed by atoms with van der Waals surface area (Å²) in [6.07, 6.45) is 3.23. The van der Waals surface area contributed by atoms with Crippen molar-refractivity contribution >= 4 is 0 Å². The largest absolute Gasteiger partial charge is 0.507 e. The third-order valence-electron chi connectivity index (χ3n) is 10.1. The summed E-state index contributed by atoms with van der Waals surface area (Å²) in [7, 11) is 11.0. The number of benzene rings is 4. The summed E-state index contributed by atoms with van der Waals surface area (Å²) in [5.41, 5.74) is 8.59. The van der Waals surface area contributed by atoms with Crippen LogP contribution in [0.3, 0.4) is 0 Å². The van der Waals surface area contributed by atoms with E-state index in [9.17, 15) is 5.11 Å². The Morgan fingerprint density at radius 1 is 0.674 bits per heavy atom. The molecule has 6 bridgehead atoms. The number of rotatable bonds is 4. The van der Waals surface area contributed by atoms with E-state index in [0.29, 0.717) is 35.2 Å². The average molecular weight is 623 g/mol. The van der Waals surface area contributed by atoms with Gasteiger partial charge in [0.25, 0.3) is 0 Å². The van der Waals surface area contributed by atoms with Gasteiger partial charge >= 0.3 is 0 Å². The van der Waals surface area contributed by atoms with Gasteiger partial charge in [-0.15, -0.1) is 0 Å². The maximum atomic E-state index is 11.2. The summed E-state index contributed by atoms with van der Waals surface area (Å²) < 4.78 is 30.7. The van der Waals surface area contributed by atoms with Crippen molar-refractivity contribution in [2.45, 2.75) is 37.8 Å². The monoisotopic (exact) mass is 622 g/mol. The van der Waals surface area contributed by atoms with Gasteiger partial charge < -0.3 is 28.8 Å². The van der Waals surface area contributed by atoms with Gasteiger partial charge in [-0.1, -0.05) is 12.1 Å². The zero-order valence-corrected chi connectivity index (χ0v) is 27.5. The highest BCUT2D eigenvalue weighted by molar-refractivity contribution is 5.77. The Labute approximate surface area is 271 Å². The van der Waals surface area contributed by atoms with Crippen molar-refractivity contribution in [2.75, 3.05) is 55.6 Å². The van der Waals surface area contributed by atoms with E-state index in [-0.39, 0.29) is 17.8 Å². The maximum Gasteiger partial charge on any atom is 0.204 e. The van der Waals surface area contributed by atoms with Crippen LogP contribution >= 0.6 is 0 Å². The lowest BCUT2D eigenvalue weighted by atomic mass is 9.86. The van der Waals surface area contributed by atoms with Gasteiger partial charge in [0.1, 0.15) is 11.5 Å². The molecular weight excluding hydrogens is 580 g/mol. The number of phenolic OH excluding ortho intramolecular Hbond substituents is 1. The minimum Gasteiger partial charge on any atom is -0.507 e. The minimum absolute atomic E-state index is 0.0282. The van der Waals surface area contributed by atoms with Gasteiger partial charge in [0.05, 0.1) is 28.4 Å². The lowest BCUT2D eigenvalue weighted by Gasteiger charge is -2.37. The Morgan fingerprint density at radius 2 is 1.30 bits per heavy atom. The number of fused-ring (bicyclic) bond motifs is 6. The molecule has 0 fully saturated rings. The Balaban J connectivity index is 1.53. The first kappa shape index (κ1) is 30.3. The quantitative estimate of drug-likeness (QED) is 0.268. The van der Waals surface area contributed by atoms with Gasteiger partial charge in [-0.05, 0) is 110 Å². The van der Waals surface area contributed by atoms with E-state index >= 15 is 0 Å². The number of methoxy groups -OCH3 is 4. The van der Waals surface area contributed by atoms with Crippen molar-refractivity contribution < 1.29 is 28.8 Å². The molecule has 4 aromatic rings. The lowest BCUT2D eigenvalue weighted by molar-refractivity contribution is 0.220. The zero-order valence-electron chi connectivity index (χ0n) is 27.5. The topological polar surface area (TPSA) is 72.9 Å². The molecule has 3 aliphatic rings. The maximum absolute atomic E-state index is 11.2. The van der Waals surface area contributed by atoms with Crippen molar-refractivity contribution in [2.24, 2.45) is 0 Å². The van der Waals surface area contributed by atoms with E-state index in [2.05, 4.69) is 60.3 Å². The Kier molecular flexibility index (Phi) is 7.95. The van der Waals surface area contributed by atoms with Crippen molar-refractivity contribution in [3.8, 4) is 51.4 Å². The fourth-order valence-corrected chi connectivity index (χ4v) is 7.55. The van der Waals surface area contributed by atoms with Crippen LogP contribution in [0, 0.1) is 0 Å². The van der Waals surface area contributed by atoms with Gasteiger partial charge in [0.15, 0.2) is 23.0 Å². The molecular formula is C38H42N2O6. The molecule has 8 nitrogen and oxygen atoms in total. The number of nitrogens with zero attached hydrogens (tertiary/aromatic N) is 2. The van der Waals surface area contributed by atoms with Crippen LogP contribution in [0.2, 0.25) is 0 Å². The fraction of sp³-hybridized carbons (Fsp3) is 0.368. The standard InChI is InChI=1S/C38H42N2O6/c1-39-13-11-24-19-33(43-4)34-21-26(24)29(39)17-23-8-10-32(42-3)28(16-23)27-15-22(7-9-31(27)41)18-30-36-25(12-14-40(30)2)20-35(44-5)37(45-6)38(36)46-34/h7-10,15-16,19-21,29-30,41H,11-14,17-18H2,1-6H3/t29-,30-/m0/s1. The molecule has 0 saturated heterocycles. The molecule has 2 atom stereocenters. The third kappa shape index (κ3) is 5.10. The second-order valence-electron chi connectivity index (χ2n) is 12.6. The summed E-state index contributed by atoms with van der Waals surface area (Å²) in [6, 6.07) is 18.7. The molecule has 8 heteroatoms. The van der Waals surface area contributed by atoms with Gasteiger partial charge in [-0.25, -0.2) is 0 Å². The highest BCUT2D eigenvalue weighted by Gasteiger charge is 2.35. The SMILES string of the molecule is COc1cc2c3cc1Oc1c(OC)c(OC)cc4c1[C@H](Cc1ccc(O)c(c1)-c1cc(ccc1OC)C[C@@H]3N(C)CC2)N(C)CC4. The number of ether oxygens (including phenoxy) is 5. The first-order chi connectivity index (χ1) is 22.3. The Hall–Kier alpha value is -4.40. The Bertz CT molecular complexity index is 1800. The molecule has 0 amide bonds. The van der Waals surface area contributed by atoms with E-state index < -0.39 is 0 Å². The molecule has 0 unspecified atom stereocenters. The van der Waals surface area contributed by atoms with Crippen LogP contribution < -0.4 is 23.7 Å². The van der Waals surface area contributed by atoms with Crippen molar-refractivity contribution in [1.29, 1.82) is 0 Å². The molecule has 4 aromatic carbocycles. The zero-order chi connectivity index (χ0) is 32.1. The molecule has 0 aromatic heterocycles. The van der Waals surface area contributed by atoms with Crippen LogP contribution in [0.4, 0.5) is 0 Å². The van der Waals surface area contributed by atoms with Gasteiger partial charge in [0, 0.05) is 41.9 Å². The predicted molar refractivity (Wildman–Crippen MR) is 178 cm³/mol. The second-order valence-corrected chi connectivity index (χ2v) is 12.6. The van der Waals surface area contributed by atoms with Gasteiger partial charge in [-0.2, -0.15) is 0 Å². The summed E-state index contributed by atoms with van der Waals surface area (Å²) >= 11 is 0. The van der Waals surface area contributed by atoms with Crippen LogP contribution in [0.1, 0.15) is 45.5 Å². The van der Waals surface area contributed by atoms with E-state index in [4.69, 9.17) is 23.7 Å². The first-order valence-electron chi connectivity index (χ1n) is 15.9. The summed E-state index contributed by atoms with van der Waals surface area (Å²) in [5.74, 6) is 4.14. The first-order valence-corrected chi connectivity index (χ1v) is 15.9. The molecule has 240 valence electrons. The molecule has 0 radical (unpaired) electrons. The second kappa shape index (κ2) is 12.1. The molecule has 3 aliphatic heterocycles. The van der Waals surface area contributed by atoms with Crippen LogP contribution in [0.25, 0.3) is 11.1 Å². The molecule has 0 aliphatic carbocycles. The van der Waals surface area contributed by atoms with E-state index in [1.807, 2.05) is 12.1 Å². The number of aromatic hydroxyl groups is 1. The van der Waals surface area contributed by atoms with E-state index in [0.717, 1.165) is 65.9 Å². The van der Waals surface area contributed by atoms with Crippen LogP contribution in [0.15, 0.2) is 54.6 Å². The molecule has 0 saturated carbocycles. The summed E-state index contributed by atoms with van der Waals surface area (Å²) in [5, 5.41) is 11.2. The summed E-state index contributed by atoms with van der Waals surface area (Å²) in [6.45, 7) is 1.81. The van der Waals surface area contributed by atoms with Gasteiger partial charge in [-0.3, -0.25) is 9.80 Å². The van der Waals surface area contributed by atoms with Crippen LogP contribution in [0.5, 0.6) is 40.2 Å². The average Bonchev–Trinajstić information content (AvgIpc) is 3.07. The fourth-order valence-electron chi connectivity index (χ4n) is 7.55. The van der Waals surface area contributed by atoms with E-state index in [1.165, 1.54) is 16.7 Å². The minimum atomic E-state index is -0.0282. The van der Waals surface area contributed by atoms with Crippen molar-refractivity contribution in [3.05, 3.63) is 88.0 Å². The smallest absolute Gasteiger partial charge is 0.204 e. The highest BCUT2D eigenvalue weighted by Crippen LogP contribution is 2.52. The predicted octanol–water partition coefficient (Wildman–Crippen LogP) is 6.74. The van der Waals surface area contributed by atoms with Crippen LogP contribution in [-0.4, -0.2) is 70.5 Å². The van der Waals surface area contributed by atoms with Gasteiger partial charge in [0.2, 0.25) is 5.75 Å². The molecule has 46 heavy (non-hydrogen) atoms. The van der Waals surface area contributed by atoms with Crippen LogP contribution in [-0.2, 0) is 25.7 Å². The third-order valence-corrected chi connectivity index (χ3v) is 10.1. The number of likely N-dealkylation sites (N-methyl/N-ethyl adjacent to an activating group) is 2. The summed E-state index contributed by atoms with van der Waals surface area (Å²) in [4.78, 5) is 4.77. The molecule has 3 heterocycles. The van der Waals surface area contributed by atoms with Crippen molar-refractivity contribution in [3.63, 3.8) is 0 Å². The van der Waals surface area contributed by atoms with E-state index in [1.54, 1.807) is 34.5 Å². The number of hydrogen-bond acceptors (Lipinski definition) is 8. The highest BCUT2D eigenvalue weighted by atomic mass is 16.5. The number of hydrogen-bond donors (Lipinski definition) is 1. The van der Waals surface area contributed by atoms with Crippen molar-refractivity contribution in [1.82, 2.24) is 9.80 Å². The Morgan fingerprint density at radius 3 is 2.02 bits per heavy atom. The normalized spacial score (nSPS) is 19.1. The molecule has 0 spiro atoms.